The lowest BCUT2D eigenvalue weighted by molar-refractivity contribution is -0.384. The van der Waals surface area contributed by atoms with Gasteiger partial charge in [0.05, 0.1) is 23.8 Å². The Morgan fingerprint density at radius 1 is 1.27 bits per heavy atom. The number of benzene rings is 2. The molecule has 2 aromatic rings. The zero-order valence-corrected chi connectivity index (χ0v) is 13.5. The summed E-state index contributed by atoms with van der Waals surface area (Å²) in [6.45, 7) is 1.92. The van der Waals surface area contributed by atoms with Gasteiger partial charge in [0.1, 0.15) is 5.75 Å². The predicted octanol–water partition coefficient (Wildman–Crippen LogP) is 3.93. The molecule has 1 amide bonds. The van der Waals surface area contributed by atoms with E-state index in [0.29, 0.717) is 11.3 Å². The van der Waals surface area contributed by atoms with Gasteiger partial charge in [0.25, 0.3) is 11.6 Å². The number of nitro benzene ring substituents is 1. The zero-order chi connectivity index (χ0) is 16.3. The highest BCUT2D eigenvalue weighted by Crippen LogP contribution is 2.29. The molecule has 114 valence electrons. The second kappa shape index (κ2) is 6.57. The van der Waals surface area contributed by atoms with E-state index in [0.717, 1.165) is 10.0 Å². The molecule has 0 bridgehead atoms. The van der Waals surface area contributed by atoms with Crippen molar-refractivity contribution in [2.24, 2.45) is 0 Å². The molecule has 0 atom stereocenters. The summed E-state index contributed by atoms with van der Waals surface area (Å²) < 4.78 is 5.92. The van der Waals surface area contributed by atoms with Crippen LogP contribution >= 0.6 is 15.9 Å². The summed E-state index contributed by atoms with van der Waals surface area (Å²) in [4.78, 5) is 22.5. The number of nitrogens with zero attached hydrogens (tertiary/aromatic N) is 1. The van der Waals surface area contributed by atoms with E-state index in [9.17, 15) is 14.9 Å². The van der Waals surface area contributed by atoms with E-state index in [4.69, 9.17) is 4.74 Å². The van der Waals surface area contributed by atoms with Gasteiger partial charge >= 0.3 is 0 Å². The summed E-state index contributed by atoms with van der Waals surface area (Å²) in [6.07, 6.45) is 0. The maximum atomic E-state index is 12.2. The molecule has 2 rings (SSSR count). The molecule has 0 saturated carbocycles. The molecule has 0 spiro atoms. The fourth-order valence-corrected chi connectivity index (χ4v) is 2.20. The van der Waals surface area contributed by atoms with Gasteiger partial charge in [0.15, 0.2) is 0 Å². The largest absolute Gasteiger partial charge is 0.494 e. The van der Waals surface area contributed by atoms with Crippen molar-refractivity contribution in [2.75, 3.05) is 12.4 Å². The predicted molar refractivity (Wildman–Crippen MR) is 86.5 cm³/mol. The van der Waals surface area contributed by atoms with Gasteiger partial charge in [-0.2, -0.15) is 0 Å². The third-order valence-corrected chi connectivity index (χ3v) is 3.93. The molecule has 6 nitrogen and oxygen atoms in total. The first-order valence-corrected chi connectivity index (χ1v) is 7.11. The molecule has 2 aromatic carbocycles. The van der Waals surface area contributed by atoms with E-state index < -0.39 is 4.92 Å². The number of rotatable bonds is 4. The number of carbonyl (C=O) groups excluding carboxylic acids is 1. The Kier molecular flexibility index (Phi) is 4.77. The van der Waals surface area contributed by atoms with Crippen molar-refractivity contribution in [3.05, 3.63) is 62.1 Å². The van der Waals surface area contributed by atoms with Crippen molar-refractivity contribution in [1.82, 2.24) is 0 Å². The molecule has 0 aliphatic carbocycles. The molecule has 0 heterocycles. The lowest BCUT2D eigenvalue weighted by Crippen LogP contribution is -2.12. The molecular formula is C15H13BrN2O4. The van der Waals surface area contributed by atoms with Gasteiger partial charge in [-0.25, -0.2) is 0 Å². The monoisotopic (exact) mass is 364 g/mol. The lowest BCUT2D eigenvalue weighted by atomic mass is 10.1. The summed E-state index contributed by atoms with van der Waals surface area (Å²) in [7, 11) is 1.39. The number of amides is 1. The molecule has 0 unspecified atom stereocenters. The van der Waals surface area contributed by atoms with Crippen LogP contribution in [-0.4, -0.2) is 17.9 Å². The summed E-state index contributed by atoms with van der Waals surface area (Å²) in [5.41, 5.74) is 1.75. The Bertz CT molecular complexity index is 746. The van der Waals surface area contributed by atoms with Crippen LogP contribution in [0.2, 0.25) is 0 Å². The molecular weight excluding hydrogens is 352 g/mol. The van der Waals surface area contributed by atoms with Gasteiger partial charge in [0, 0.05) is 16.1 Å². The summed E-state index contributed by atoms with van der Waals surface area (Å²) in [5.74, 6) is -0.0958. The average molecular weight is 365 g/mol. The third kappa shape index (κ3) is 3.43. The van der Waals surface area contributed by atoms with Crippen molar-refractivity contribution in [2.45, 2.75) is 6.92 Å². The van der Waals surface area contributed by atoms with Crippen molar-refractivity contribution >= 4 is 33.2 Å². The number of nitro groups is 1. The smallest absolute Gasteiger partial charge is 0.273 e. The molecule has 7 heteroatoms. The summed E-state index contributed by atoms with van der Waals surface area (Å²) in [6, 6.07) is 9.25. The van der Waals surface area contributed by atoms with Crippen LogP contribution < -0.4 is 10.1 Å². The highest BCUT2D eigenvalue weighted by Gasteiger charge is 2.14. The summed E-state index contributed by atoms with van der Waals surface area (Å²) in [5, 5.41) is 13.4. The van der Waals surface area contributed by atoms with Crippen molar-refractivity contribution in [1.29, 1.82) is 0 Å². The number of anilines is 1. The molecule has 0 saturated heterocycles. The molecule has 22 heavy (non-hydrogen) atoms. The Hall–Kier alpha value is -2.41. The molecule has 1 N–H and O–H groups in total. The number of hydrogen-bond donors (Lipinski definition) is 1. The van der Waals surface area contributed by atoms with Crippen molar-refractivity contribution in [3.8, 4) is 5.75 Å². The Morgan fingerprint density at radius 2 is 2.00 bits per heavy atom. The average Bonchev–Trinajstić information content (AvgIpc) is 2.50. The number of hydrogen-bond acceptors (Lipinski definition) is 4. The third-order valence-electron chi connectivity index (χ3n) is 3.08. The molecule has 0 radical (unpaired) electrons. The van der Waals surface area contributed by atoms with Crippen LogP contribution in [0.4, 0.5) is 11.4 Å². The minimum Gasteiger partial charge on any atom is -0.494 e. The van der Waals surface area contributed by atoms with Crippen molar-refractivity contribution in [3.63, 3.8) is 0 Å². The maximum Gasteiger partial charge on any atom is 0.273 e. The minimum absolute atomic E-state index is 0.104. The lowest BCUT2D eigenvalue weighted by Gasteiger charge is -2.10. The zero-order valence-electron chi connectivity index (χ0n) is 11.9. The van der Waals surface area contributed by atoms with Gasteiger partial charge in [-0.05, 0) is 30.7 Å². The Labute approximate surface area is 135 Å². The van der Waals surface area contributed by atoms with Gasteiger partial charge in [0.2, 0.25) is 0 Å². The number of non-ortho nitro benzene ring substituents is 1. The molecule has 0 aliphatic heterocycles. The number of carbonyl (C=O) groups is 1. The van der Waals surface area contributed by atoms with Gasteiger partial charge in [-0.15, -0.1) is 0 Å². The van der Waals surface area contributed by atoms with Gasteiger partial charge < -0.3 is 10.1 Å². The second-order valence-corrected chi connectivity index (χ2v) is 5.41. The number of methoxy groups -OCH3 is 1. The minimum atomic E-state index is -0.523. The standard InChI is InChI=1S/C15H13BrN2O4/c1-9-3-4-10(7-12(9)16)15(19)17-13-6-5-11(18(20)21)8-14(13)22-2/h3-8H,1-2H3,(H,17,19). The summed E-state index contributed by atoms with van der Waals surface area (Å²) >= 11 is 3.37. The second-order valence-electron chi connectivity index (χ2n) is 4.56. The van der Waals surface area contributed by atoms with E-state index >= 15 is 0 Å². The fraction of sp³-hybridized carbons (Fsp3) is 0.133. The molecule has 0 fully saturated rings. The number of aryl methyl sites for hydroxylation is 1. The van der Waals surface area contributed by atoms with Crippen LogP contribution in [0.5, 0.6) is 5.75 Å². The highest BCUT2D eigenvalue weighted by molar-refractivity contribution is 9.10. The van der Waals surface area contributed by atoms with Crippen LogP contribution in [0.3, 0.4) is 0 Å². The van der Waals surface area contributed by atoms with E-state index in [1.807, 2.05) is 13.0 Å². The van der Waals surface area contributed by atoms with Crippen LogP contribution in [0.25, 0.3) is 0 Å². The van der Waals surface area contributed by atoms with Crippen LogP contribution in [-0.2, 0) is 0 Å². The number of ether oxygens (including phenoxy) is 1. The van der Waals surface area contributed by atoms with Crippen molar-refractivity contribution < 1.29 is 14.5 Å². The van der Waals surface area contributed by atoms with Gasteiger partial charge in [-0.3, -0.25) is 14.9 Å². The highest BCUT2D eigenvalue weighted by atomic mass is 79.9. The number of halogens is 1. The van der Waals surface area contributed by atoms with Crippen LogP contribution in [0.15, 0.2) is 40.9 Å². The first-order chi connectivity index (χ1) is 10.4. The molecule has 0 aliphatic rings. The Morgan fingerprint density at radius 3 is 2.59 bits per heavy atom. The SMILES string of the molecule is COc1cc([N+](=O)[O-])ccc1NC(=O)c1ccc(C)c(Br)c1. The first-order valence-electron chi connectivity index (χ1n) is 6.32. The topological polar surface area (TPSA) is 81.5 Å². The van der Waals surface area contributed by atoms with Crippen LogP contribution in [0.1, 0.15) is 15.9 Å². The number of nitrogens with one attached hydrogen (secondary N) is 1. The maximum absolute atomic E-state index is 12.2. The van der Waals surface area contributed by atoms with Crippen LogP contribution in [0, 0.1) is 17.0 Å². The van der Waals surface area contributed by atoms with E-state index in [1.165, 1.54) is 25.3 Å². The first kappa shape index (κ1) is 16.0. The molecule has 0 aromatic heterocycles. The van der Waals surface area contributed by atoms with E-state index in [-0.39, 0.29) is 17.3 Å². The van der Waals surface area contributed by atoms with E-state index in [2.05, 4.69) is 21.2 Å². The Balaban J connectivity index is 2.27. The van der Waals surface area contributed by atoms with Gasteiger partial charge in [-0.1, -0.05) is 22.0 Å². The fourth-order valence-electron chi connectivity index (χ4n) is 1.83. The van der Waals surface area contributed by atoms with E-state index in [1.54, 1.807) is 12.1 Å². The quantitative estimate of drug-likeness (QED) is 0.658. The normalized spacial score (nSPS) is 10.1.